The maximum atomic E-state index is 13.8. The van der Waals surface area contributed by atoms with E-state index in [4.69, 9.17) is 4.74 Å². The van der Waals surface area contributed by atoms with Gasteiger partial charge in [0.15, 0.2) is 0 Å². The number of unbranched alkanes of at least 4 members (excludes halogenated alkanes) is 1. The van der Waals surface area contributed by atoms with Crippen LogP contribution < -0.4 is 10.2 Å². The number of piperazine rings is 1. The highest BCUT2D eigenvalue weighted by Gasteiger charge is 2.31. The van der Waals surface area contributed by atoms with E-state index in [0.29, 0.717) is 31.3 Å². The maximum Gasteiger partial charge on any atom is 0.409 e. The van der Waals surface area contributed by atoms with Crippen molar-refractivity contribution < 1.29 is 29.0 Å². The van der Waals surface area contributed by atoms with E-state index < -0.39 is 24.0 Å². The number of rotatable bonds is 13. The molecular formula is C34H48N6O6. The molecule has 1 aromatic carbocycles. The van der Waals surface area contributed by atoms with Crippen molar-refractivity contribution in [2.75, 3.05) is 71.4 Å². The number of carboxylic acids is 1. The van der Waals surface area contributed by atoms with E-state index in [1.165, 1.54) is 0 Å². The molecule has 0 unspecified atom stereocenters. The molecular weight excluding hydrogens is 588 g/mol. The molecule has 0 spiro atoms. The van der Waals surface area contributed by atoms with Crippen molar-refractivity contribution in [2.45, 2.75) is 51.5 Å². The molecule has 3 amide bonds. The number of aromatic nitrogens is 1. The summed E-state index contributed by atoms with van der Waals surface area (Å²) in [4.78, 5) is 63.5. The molecule has 0 radical (unpaired) electrons. The minimum absolute atomic E-state index is 0.0657. The molecule has 0 saturated carbocycles. The molecule has 0 bridgehead atoms. The molecule has 12 heteroatoms. The number of amides is 3. The number of aliphatic carboxylic acids is 1. The highest BCUT2D eigenvalue weighted by atomic mass is 16.6. The number of carboxylic acid groups (broad SMARTS) is 1. The van der Waals surface area contributed by atoms with Crippen molar-refractivity contribution in [1.82, 2.24) is 25.0 Å². The SMILES string of the molecule is CCCCOC(=O)N1CCN(C(=O)[C@H](CCC(=O)O)NC(=O)c2cc(N3CCC(CN(C)C)CC3)cc(-c3ccccc3)n2)CC1. The molecule has 1 atom stereocenters. The third-order valence-corrected chi connectivity index (χ3v) is 8.54. The minimum atomic E-state index is -1.06. The van der Waals surface area contributed by atoms with Crippen LogP contribution in [0.4, 0.5) is 10.5 Å². The van der Waals surface area contributed by atoms with Gasteiger partial charge in [0, 0.05) is 63.5 Å². The predicted molar refractivity (Wildman–Crippen MR) is 176 cm³/mol. The fraction of sp³-hybridized carbons (Fsp3) is 0.559. The molecule has 2 N–H and O–H groups in total. The van der Waals surface area contributed by atoms with Crippen LogP contribution >= 0.6 is 0 Å². The van der Waals surface area contributed by atoms with E-state index in [1.54, 1.807) is 15.9 Å². The number of nitrogens with one attached hydrogen (secondary N) is 1. The lowest BCUT2D eigenvalue weighted by molar-refractivity contribution is -0.138. The predicted octanol–water partition coefficient (Wildman–Crippen LogP) is 3.57. The maximum absolute atomic E-state index is 13.8. The summed E-state index contributed by atoms with van der Waals surface area (Å²) >= 11 is 0. The van der Waals surface area contributed by atoms with E-state index in [9.17, 15) is 24.3 Å². The van der Waals surface area contributed by atoms with Crippen LogP contribution in [-0.4, -0.2) is 121 Å². The smallest absolute Gasteiger partial charge is 0.409 e. The zero-order valence-electron chi connectivity index (χ0n) is 27.3. The standard InChI is InChI=1S/C34H48N6O6/c1-4-5-21-46-34(45)40-19-17-39(18-20-40)33(44)28(11-12-31(41)42)36-32(43)30-23-27(22-29(35-30)26-9-7-6-8-10-26)38-15-13-25(14-16-38)24-37(2)3/h6-10,22-23,25,28H,4-5,11-21,24H2,1-3H3,(H,36,43)(H,41,42)/t28-/m0/s1. The van der Waals surface area contributed by atoms with Gasteiger partial charge in [0.05, 0.1) is 12.3 Å². The molecule has 2 aromatic rings. The van der Waals surface area contributed by atoms with Crippen molar-refractivity contribution in [3.05, 3.63) is 48.2 Å². The van der Waals surface area contributed by atoms with Crippen LogP contribution in [0.1, 0.15) is 55.9 Å². The van der Waals surface area contributed by atoms with Gasteiger partial charge >= 0.3 is 12.1 Å². The second-order valence-corrected chi connectivity index (χ2v) is 12.4. The number of ether oxygens (including phenoxy) is 1. The summed E-state index contributed by atoms with van der Waals surface area (Å²) in [6, 6.07) is 12.3. The average Bonchev–Trinajstić information content (AvgIpc) is 3.06. The first-order valence-electron chi connectivity index (χ1n) is 16.3. The minimum Gasteiger partial charge on any atom is -0.481 e. The van der Waals surface area contributed by atoms with Gasteiger partial charge in [-0.1, -0.05) is 43.7 Å². The molecule has 4 rings (SSSR count). The third-order valence-electron chi connectivity index (χ3n) is 8.54. The number of carbonyl (C=O) groups is 4. The van der Waals surface area contributed by atoms with Gasteiger partial charge < -0.3 is 34.8 Å². The van der Waals surface area contributed by atoms with E-state index in [2.05, 4.69) is 34.2 Å². The van der Waals surface area contributed by atoms with Crippen LogP contribution in [0.25, 0.3) is 11.3 Å². The summed E-state index contributed by atoms with van der Waals surface area (Å²) < 4.78 is 5.30. The van der Waals surface area contributed by atoms with Gasteiger partial charge in [0.1, 0.15) is 11.7 Å². The summed E-state index contributed by atoms with van der Waals surface area (Å²) in [6.07, 6.45) is 3.03. The Morgan fingerprint density at radius 3 is 2.30 bits per heavy atom. The number of anilines is 1. The summed E-state index contributed by atoms with van der Waals surface area (Å²) in [7, 11) is 4.18. The molecule has 2 aliphatic heterocycles. The first-order valence-corrected chi connectivity index (χ1v) is 16.3. The lowest BCUT2D eigenvalue weighted by atomic mass is 9.96. The van der Waals surface area contributed by atoms with Crippen molar-refractivity contribution in [2.24, 2.45) is 5.92 Å². The van der Waals surface area contributed by atoms with Gasteiger partial charge in [-0.2, -0.15) is 0 Å². The summed E-state index contributed by atoms with van der Waals surface area (Å²) in [5.74, 6) is -1.37. The van der Waals surface area contributed by atoms with Crippen molar-refractivity contribution in [3.8, 4) is 11.3 Å². The van der Waals surface area contributed by atoms with Crippen LogP contribution in [-0.2, 0) is 14.3 Å². The molecule has 0 aliphatic carbocycles. The fourth-order valence-electron chi connectivity index (χ4n) is 5.94. The van der Waals surface area contributed by atoms with Gasteiger partial charge in [0.25, 0.3) is 5.91 Å². The van der Waals surface area contributed by atoms with Crippen molar-refractivity contribution in [1.29, 1.82) is 0 Å². The number of piperidine rings is 1. The largest absolute Gasteiger partial charge is 0.481 e. The highest BCUT2D eigenvalue weighted by molar-refractivity contribution is 5.97. The van der Waals surface area contributed by atoms with Gasteiger partial charge in [0.2, 0.25) is 5.91 Å². The summed E-state index contributed by atoms with van der Waals surface area (Å²) in [6.45, 7) is 6.24. The quantitative estimate of drug-likeness (QED) is 0.316. The van der Waals surface area contributed by atoms with Crippen LogP contribution in [0.2, 0.25) is 0 Å². The zero-order chi connectivity index (χ0) is 33.1. The summed E-state index contributed by atoms with van der Waals surface area (Å²) in [5, 5.41) is 12.2. The van der Waals surface area contributed by atoms with Gasteiger partial charge in [-0.25, -0.2) is 9.78 Å². The molecule has 46 heavy (non-hydrogen) atoms. The lowest BCUT2D eigenvalue weighted by Gasteiger charge is -2.36. The van der Waals surface area contributed by atoms with Gasteiger partial charge in [-0.3, -0.25) is 14.4 Å². The molecule has 12 nitrogen and oxygen atoms in total. The number of benzene rings is 1. The highest BCUT2D eigenvalue weighted by Crippen LogP contribution is 2.28. The van der Waals surface area contributed by atoms with Crippen molar-refractivity contribution >= 4 is 29.6 Å². The van der Waals surface area contributed by atoms with Crippen LogP contribution in [0.15, 0.2) is 42.5 Å². The Kier molecular flexibility index (Phi) is 12.8. The first-order chi connectivity index (χ1) is 22.1. The molecule has 2 aliphatic rings. The molecule has 3 heterocycles. The second kappa shape index (κ2) is 16.9. The Morgan fingerprint density at radius 2 is 1.67 bits per heavy atom. The first kappa shape index (κ1) is 34.7. The van der Waals surface area contributed by atoms with Crippen molar-refractivity contribution in [3.63, 3.8) is 0 Å². The molecule has 2 saturated heterocycles. The monoisotopic (exact) mass is 636 g/mol. The van der Waals surface area contributed by atoms with E-state index >= 15 is 0 Å². The van der Waals surface area contributed by atoms with Crippen LogP contribution in [0.3, 0.4) is 0 Å². The Hall–Kier alpha value is -4.19. The van der Waals surface area contributed by atoms with E-state index in [0.717, 1.165) is 56.6 Å². The number of hydrogen-bond donors (Lipinski definition) is 2. The number of nitrogens with zero attached hydrogens (tertiary/aromatic N) is 5. The molecule has 250 valence electrons. The van der Waals surface area contributed by atoms with E-state index in [-0.39, 0.29) is 37.5 Å². The Balaban J connectivity index is 1.50. The number of hydrogen-bond acceptors (Lipinski definition) is 8. The third kappa shape index (κ3) is 9.90. The Morgan fingerprint density at radius 1 is 1.00 bits per heavy atom. The Labute approximate surface area is 271 Å². The number of pyridine rings is 1. The Bertz CT molecular complexity index is 1320. The number of carbonyl (C=O) groups excluding carboxylic acids is 3. The van der Waals surface area contributed by atoms with E-state index in [1.807, 2.05) is 43.3 Å². The normalized spacial score (nSPS) is 16.3. The second-order valence-electron chi connectivity index (χ2n) is 12.4. The van der Waals surface area contributed by atoms with Crippen LogP contribution in [0.5, 0.6) is 0 Å². The topological polar surface area (TPSA) is 136 Å². The van der Waals surface area contributed by atoms with Gasteiger partial charge in [-0.05, 0) is 57.8 Å². The van der Waals surface area contributed by atoms with Crippen LogP contribution in [0, 0.1) is 5.92 Å². The zero-order valence-corrected chi connectivity index (χ0v) is 27.3. The summed E-state index contributed by atoms with van der Waals surface area (Å²) in [5.41, 5.74) is 2.57. The average molecular weight is 637 g/mol. The lowest BCUT2D eigenvalue weighted by Crippen LogP contribution is -2.56. The molecule has 1 aromatic heterocycles. The molecule has 2 fully saturated rings. The fourth-order valence-corrected chi connectivity index (χ4v) is 5.94. The van der Waals surface area contributed by atoms with Gasteiger partial charge in [-0.15, -0.1) is 0 Å².